The van der Waals surface area contributed by atoms with Crippen molar-refractivity contribution in [2.24, 2.45) is 11.3 Å². The minimum Gasteiger partial charge on any atom is -0.343 e. The topological polar surface area (TPSA) is 32.3 Å². The minimum absolute atomic E-state index is 0.361. The highest BCUT2D eigenvalue weighted by Gasteiger charge is 2.30. The van der Waals surface area contributed by atoms with Gasteiger partial charge < -0.3 is 10.2 Å². The number of carbonyl (C=O) groups excluding carboxylic acids is 1. The van der Waals surface area contributed by atoms with E-state index in [1.54, 1.807) is 0 Å². The van der Waals surface area contributed by atoms with Gasteiger partial charge in [-0.15, -0.1) is 0 Å². The van der Waals surface area contributed by atoms with Crippen LogP contribution in [0.2, 0.25) is 0 Å². The van der Waals surface area contributed by atoms with Crippen molar-refractivity contribution in [1.29, 1.82) is 0 Å². The van der Waals surface area contributed by atoms with Crippen LogP contribution in [0.1, 0.15) is 65.2 Å². The molecule has 116 valence electrons. The highest BCUT2D eigenvalue weighted by atomic mass is 16.2. The average molecular weight is 280 g/mol. The first kappa shape index (κ1) is 15.8. The second kappa shape index (κ2) is 6.93. The van der Waals surface area contributed by atoms with Crippen molar-refractivity contribution in [2.75, 3.05) is 20.1 Å². The number of nitrogens with one attached hydrogen (secondary N) is 1. The molecule has 2 aliphatic rings. The van der Waals surface area contributed by atoms with Crippen LogP contribution < -0.4 is 5.32 Å². The molecular weight excluding hydrogens is 248 g/mol. The van der Waals surface area contributed by atoms with Crippen molar-refractivity contribution in [3.05, 3.63) is 0 Å². The fraction of sp³-hybridized carbons (Fsp3) is 0.941. The lowest BCUT2D eigenvalue weighted by atomic mass is 9.75. The summed E-state index contributed by atoms with van der Waals surface area (Å²) in [5.41, 5.74) is 0.480. The zero-order chi connectivity index (χ0) is 14.6. The van der Waals surface area contributed by atoms with Gasteiger partial charge >= 0.3 is 0 Å². The van der Waals surface area contributed by atoms with Gasteiger partial charge in [-0.2, -0.15) is 0 Å². The van der Waals surface area contributed by atoms with Crippen LogP contribution in [-0.2, 0) is 4.79 Å². The Balaban J connectivity index is 1.71. The van der Waals surface area contributed by atoms with E-state index in [0.29, 0.717) is 23.3 Å². The van der Waals surface area contributed by atoms with E-state index in [-0.39, 0.29) is 0 Å². The maximum Gasteiger partial charge on any atom is 0.222 e. The van der Waals surface area contributed by atoms with Crippen molar-refractivity contribution in [1.82, 2.24) is 10.2 Å². The van der Waals surface area contributed by atoms with E-state index < -0.39 is 0 Å². The van der Waals surface area contributed by atoms with Crippen molar-refractivity contribution in [3.63, 3.8) is 0 Å². The molecule has 2 fully saturated rings. The maximum absolute atomic E-state index is 12.4. The Labute approximate surface area is 124 Å². The van der Waals surface area contributed by atoms with Crippen molar-refractivity contribution >= 4 is 5.91 Å². The molecule has 3 nitrogen and oxygen atoms in total. The summed E-state index contributed by atoms with van der Waals surface area (Å²) in [5, 5.41) is 3.44. The van der Waals surface area contributed by atoms with Crippen molar-refractivity contribution in [2.45, 2.75) is 71.3 Å². The number of nitrogens with zero attached hydrogens (tertiary/aromatic N) is 1. The summed E-state index contributed by atoms with van der Waals surface area (Å²) in [6.45, 7) is 6.96. The average Bonchev–Trinajstić information content (AvgIpc) is 2.45. The van der Waals surface area contributed by atoms with E-state index in [1.807, 2.05) is 11.9 Å². The smallest absolute Gasteiger partial charge is 0.222 e. The number of hydrogen-bond acceptors (Lipinski definition) is 2. The van der Waals surface area contributed by atoms with Crippen LogP contribution in [0.3, 0.4) is 0 Å². The summed E-state index contributed by atoms with van der Waals surface area (Å²) >= 11 is 0. The molecule has 0 aromatic heterocycles. The lowest BCUT2D eigenvalue weighted by molar-refractivity contribution is -0.133. The number of piperidine rings is 1. The van der Waals surface area contributed by atoms with Gasteiger partial charge in [0.25, 0.3) is 0 Å². The first-order chi connectivity index (χ1) is 9.48. The quantitative estimate of drug-likeness (QED) is 0.857. The van der Waals surface area contributed by atoms with Gasteiger partial charge in [0.15, 0.2) is 0 Å². The Kier molecular flexibility index (Phi) is 5.48. The SMILES string of the molecule is CN(C(=O)CCC1CCCNC1)C1CCC(C)(C)CC1. The van der Waals surface area contributed by atoms with Gasteiger partial charge in [0, 0.05) is 19.5 Å². The van der Waals surface area contributed by atoms with Gasteiger partial charge in [0.1, 0.15) is 0 Å². The second-order valence-corrected chi connectivity index (χ2v) is 7.65. The van der Waals surface area contributed by atoms with Gasteiger partial charge in [-0.25, -0.2) is 0 Å². The van der Waals surface area contributed by atoms with Crippen LogP contribution in [0.5, 0.6) is 0 Å². The number of hydrogen-bond donors (Lipinski definition) is 1. The van der Waals surface area contributed by atoms with E-state index in [2.05, 4.69) is 19.2 Å². The molecule has 0 bridgehead atoms. The van der Waals surface area contributed by atoms with Crippen LogP contribution in [0.15, 0.2) is 0 Å². The standard InChI is InChI=1S/C17H32N2O/c1-17(2)10-8-15(9-11-17)19(3)16(20)7-6-14-5-4-12-18-13-14/h14-15,18H,4-13H2,1-3H3. The molecule has 1 N–H and O–H groups in total. The van der Waals surface area contributed by atoms with Crippen LogP contribution >= 0.6 is 0 Å². The summed E-state index contributed by atoms with van der Waals surface area (Å²) in [5.74, 6) is 1.08. The molecule has 1 heterocycles. The predicted molar refractivity (Wildman–Crippen MR) is 83.6 cm³/mol. The zero-order valence-corrected chi connectivity index (χ0v) is 13.6. The molecule has 0 radical (unpaired) electrons. The summed E-state index contributed by atoms with van der Waals surface area (Å²) < 4.78 is 0. The third-order valence-corrected chi connectivity index (χ3v) is 5.42. The Morgan fingerprint density at radius 3 is 2.55 bits per heavy atom. The summed E-state index contributed by atoms with van der Waals surface area (Å²) in [7, 11) is 2.02. The first-order valence-electron chi connectivity index (χ1n) is 8.44. The van der Waals surface area contributed by atoms with E-state index >= 15 is 0 Å². The Morgan fingerprint density at radius 1 is 1.25 bits per heavy atom. The number of carbonyl (C=O) groups is 1. The monoisotopic (exact) mass is 280 g/mol. The third-order valence-electron chi connectivity index (χ3n) is 5.42. The van der Waals surface area contributed by atoms with E-state index in [1.165, 1.54) is 38.5 Å². The van der Waals surface area contributed by atoms with Crippen LogP contribution in [0, 0.1) is 11.3 Å². The Hall–Kier alpha value is -0.570. The zero-order valence-electron chi connectivity index (χ0n) is 13.6. The molecule has 2 rings (SSSR count). The molecule has 1 atom stereocenters. The summed E-state index contributed by atoms with van der Waals surface area (Å²) in [4.78, 5) is 14.4. The van der Waals surface area contributed by atoms with Gasteiger partial charge in [0.2, 0.25) is 5.91 Å². The lowest BCUT2D eigenvalue weighted by Crippen LogP contribution is -2.41. The van der Waals surface area contributed by atoms with Gasteiger partial charge in [-0.1, -0.05) is 13.8 Å². The third kappa shape index (κ3) is 4.47. The molecule has 20 heavy (non-hydrogen) atoms. The van der Waals surface area contributed by atoms with E-state index in [4.69, 9.17) is 0 Å². The highest BCUT2D eigenvalue weighted by molar-refractivity contribution is 5.76. The predicted octanol–water partition coefficient (Wildman–Crippen LogP) is 3.19. The maximum atomic E-state index is 12.4. The van der Waals surface area contributed by atoms with Gasteiger partial charge in [-0.05, 0) is 69.4 Å². The molecule has 1 saturated carbocycles. The summed E-state index contributed by atoms with van der Waals surface area (Å²) in [6, 6.07) is 0.486. The van der Waals surface area contributed by atoms with Crippen LogP contribution in [-0.4, -0.2) is 37.0 Å². The van der Waals surface area contributed by atoms with Gasteiger partial charge in [-0.3, -0.25) is 4.79 Å². The molecule has 1 amide bonds. The molecule has 1 aliphatic heterocycles. The van der Waals surface area contributed by atoms with E-state index in [9.17, 15) is 4.79 Å². The van der Waals surface area contributed by atoms with Crippen molar-refractivity contribution < 1.29 is 4.79 Å². The fourth-order valence-electron chi connectivity index (χ4n) is 3.65. The number of rotatable bonds is 4. The molecule has 0 aromatic carbocycles. The minimum atomic E-state index is 0.361. The van der Waals surface area contributed by atoms with Crippen LogP contribution in [0.25, 0.3) is 0 Å². The highest BCUT2D eigenvalue weighted by Crippen LogP contribution is 2.36. The molecule has 1 saturated heterocycles. The lowest BCUT2D eigenvalue weighted by Gasteiger charge is -2.38. The largest absolute Gasteiger partial charge is 0.343 e. The summed E-state index contributed by atoms with van der Waals surface area (Å²) in [6.07, 6.45) is 9.23. The normalized spacial score (nSPS) is 27.2. The second-order valence-electron chi connectivity index (χ2n) is 7.65. The fourth-order valence-corrected chi connectivity index (χ4v) is 3.65. The number of amides is 1. The molecule has 0 aromatic rings. The van der Waals surface area contributed by atoms with Crippen molar-refractivity contribution in [3.8, 4) is 0 Å². The molecule has 1 unspecified atom stereocenters. The molecule has 0 spiro atoms. The Morgan fingerprint density at radius 2 is 1.95 bits per heavy atom. The first-order valence-corrected chi connectivity index (χ1v) is 8.44. The van der Waals surface area contributed by atoms with E-state index in [0.717, 1.165) is 25.9 Å². The Bertz CT molecular complexity index is 311. The molecular formula is C17H32N2O. The molecule has 3 heteroatoms. The van der Waals surface area contributed by atoms with Gasteiger partial charge in [0.05, 0.1) is 0 Å². The van der Waals surface area contributed by atoms with Crippen LogP contribution in [0.4, 0.5) is 0 Å². The molecule has 1 aliphatic carbocycles.